The zero-order chi connectivity index (χ0) is 14.7. The summed E-state index contributed by atoms with van der Waals surface area (Å²) in [6.07, 6.45) is -5.60. The molecule has 2 N–H and O–H groups in total. The number of rotatable bonds is 4. The maximum atomic E-state index is 12.1. The normalized spacial score (nSPS) is 14.5. The molecule has 0 aliphatic heterocycles. The molecule has 8 heteroatoms. The Morgan fingerprint density at radius 3 is 1.95 bits per heavy atom. The van der Waals surface area contributed by atoms with Gasteiger partial charge in [-0.1, -0.05) is 12.1 Å². The number of benzene rings is 1. The second-order valence-corrected chi connectivity index (χ2v) is 5.02. The molecule has 0 aliphatic carbocycles. The summed E-state index contributed by atoms with van der Waals surface area (Å²) in [7, 11) is 0. The number of nitrogens with two attached hydrogens (primary N) is 1. The van der Waals surface area contributed by atoms with Crippen LogP contribution in [-0.2, 0) is 0 Å². The van der Waals surface area contributed by atoms with E-state index in [0.717, 1.165) is 0 Å². The SMILES string of the molecule is N[C@H](CCC(F)(F)F)c1ccc(SC(F)(F)F)cc1. The molecule has 19 heavy (non-hydrogen) atoms. The second-order valence-electron chi connectivity index (χ2n) is 3.88. The third kappa shape index (κ3) is 6.72. The van der Waals surface area contributed by atoms with Crippen LogP contribution in [0, 0.1) is 0 Å². The van der Waals surface area contributed by atoms with E-state index in [1.807, 2.05) is 0 Å². The third-order valence-electron chi connectivity index (χ3n) is 2.28. The number of halogens is 6. The van der Waals surface area contributed by atoms with Crippen molar-refractivity contribution in [3.63, 3.8) is 0 Å². The Kier molecular flexibility index (Phi) is 5.14. The van der Waals surface area contributed by atoms with Crippen LogP contribution in [0.3, 0.4) is 0 Å². The Morgan fingerprint density at radius 2 is 1.53 bits per heavy atom. The van der Waals surface area contributed by atoms with Crippen LogP contribution in [0.2, 0.25) is 0 Å². The first-order valence-electron chi connectivity index (χ1n) is 5.25. The van der Waals surface area contributed by atoms with Gasteiger partial charge in [-0.15, -0.1) is 0 Å². The van der Waals surface area contributed by atoms with Crippen LogP contribution in [0.5, 0.6) is 0 Å². The van der Waals surface area contributed by atoms with Crippen molar-refractivity contribution in [1.82, 2.24) is 0 Å². The van der Waals surface area contributed by atoms with Crippen LogP contribution in [0.15, 0.2) is 29.2 Å². The minimum Gasteiger partial charge on any atom is -0.324 e. The van der Waals surface area contributed by atoms with Crippen LogP contribution in [0.4, 0.5) is 26.3 Å². The van der Waals surface area contributed by atoms with Gasteiger partial charge in [0.1, 0.15) is 0 Å². The van der Waals surface area contributed by atoms with Crippen molar-refractivity contribution >= 4 is 11.8 Å². The lowest BCUT2D eigenvalue weighted by atomic mass is 10.0. The molecular formula is C11H11F6NS. The summed E-state index contributed by atoms with van der Waals surface area (Å²) in [6, 6.07) is 4.18. The van der Waals surface area contributed by atoms with Gasteiger partial charge in [0.15, 0.2) is 0 Å². The van der Waals surface area contributed by atoms with E-state index in [1.165, 1.54) is 24.3 Å². The Balaban J connectivity index is 2.60. The van der Waals surface area contributed by atoms with Gasteiger partial charge in [-0.3, -0.25) is 0 Å². The van der Waals surface area contributed by atoms with Gasteiger partial charge >= 0.3 is 11.7 Å². The third-order valence-corrected chi connectivity index (χ3v) is 3.02. The molecule has 0 bridgehead atoms. The molecule has 0 fully saturated rings. The summed E-state index contributed by atoms with van der Waals surface area (Å²) in [4.78, 5) is -0.0285. The average molecular weight is 303 g/mol. The fourth-order valence-electron chi connectivity index (χ4n) is 1.40. The number of thioether (sulfide) groups is 1. The van der Waals surface area contributed by atoms with E-state index in [2.05, 4.69) is 0 Å². The van der Waals surface area contributed by atoms with Gasteiger partial charge in [-0.25, -0.2) is 0 Å². The first kappa shape index (κ1) is 16.2. The van der Waals surface area contributed by atoms with Crippen molar-refractivity contribution in [2.45, 2.75) is 35.5 Å². The molecule has 0 heterocycles. The molecule has 0 spiro atoms. The molecule has 1 nitrogen and oxygen atoms in total. The fraction of sp³-hybridized carbons (Fsp3) is 0.455. The molecule has 0 saturated carbocycles. The highest BCUT2D eigenvalue weighted by Crippen LogP contribution is 2.37. The lowest BCUT2D eigenvalue weighted by molar-refractivity contribution is -0.136. The van der Waals surface area contributed by atoms with E-state index in [1.54, 1.807) is 0 Å². The summed E-state index contributed by atoms with van der Waals surface area (Å²) in [5.74, 6) is 0. The lowest BCUT2D eigenvalue weighted by Gasteiger charge is -2.14. The fourth-order valence-corrected chi connectivity index (χ4v) is 1.94. The first-order chi connectivity index (χ1) is 8.57. The molecule has 0 saturated heterocycles. The lowest BCUT2D eigenvalue weighted by Crippen LogP contribution is -2.15. The van der Waals surface area contributed by atoms with E-state index in [4.69, 9.17) is 5.73 Å². The van der Waals surface area contributed by atoms with Gasteiger partial charge in [0.25, 0.3) is 0 Å². The molecule has 0 aliphatic rings. The van der Waals surface area contributed by atoms with Gasteiger partial charge in [0.05, 0.1) is 0 Å². The van der Waals surface area contributed by atoms with Crippen LogP contribution in [0.1, 0.15) is 24.4 Å². The van der Waals surface area contributed by atoms with Crippen molar-refractivity contribution < 1.29 is 26.3 Å². The number of alkyl halides is 6. The highest BCUT2D eigenvalue weighted by atomic mass is 32.2. The van der Waals surface area contributed by atoms with Gasteiger partial charge < -0.3 is 5.73 Å². The summed E-state index contributed by atoms with van der Waals surface area (Å²) in [5.41, 5.74) is 1.55. The van der Waals surface area contributed by atoms with E-state index in [-0.39, 0.29) is 23.1 Å². The zero-order valence-corrected chi connectivity index (χ0v) is 10.4. The smallest absolute Gasteiger partial charge is 0.324 e. The predicted molar refractivity (Wildman–Crippen MR) is 60.6 cm³/mol. The monoisotopic (exact) mass is 303 g/mol. The molecule has 0 unspecified atom stereocenters. The standard InChI is InChI=1S/C11H11F6NS/c12-10(13,14)6-5-9(18)7-1-3-8(4-2-7)19-11(15,16)17/h1-4,9H,5-6,18H2/t9-/m1/s1. The molecule has 1 aromatic rings. The molecule has 0 radical (unpaired) electrons. The van der Waals surface area contributed by atoms with Gasteiger partial charge in [-0.2, -0.15) is 26.3 Å². The Morgan fingerprint density at radius 1 is 1.00 bits per heavy atom. The van der Waals surface area contributed by atoms with E-state index >= 15 is 0 Å². The maximum Gasteiger partial charge on any atom is 0.446 e. The van der Waals surface area contributed by atoms with Crippen molar-refractivity contribution in [2.75, 3.05) is 0 Å². The molecular weight excluding hydrogens is 292 g/mol. The summed E-state index contributed by atoms with van der Waals surface area (Å²) >= 11 is -0.282. The van der Waals surface area contributed by atoms with Crippen LogP contribution < -0.4 is 5.73 Å². The molecule has 108 valence electrons. The summed E-state index contributed by atoms with van der Waals surface area (Å²) < 4.78 is 72.2. The average Bonchev–Trinajstić information content (AvgIpc) is 2.23. The van der Waals surface area contributed by atoms with Gasteiger partial charge in [0.2, 0.25) is 0 Å². The van der Waals surface area contributed by atoms with Crippen LogP contribution >= 0.6 is 11.8 Å². The minimum absolute atomic E-state index is 0.0285. The van der Waals surface area contributed by atoms with Crippen molar-refractivity contribution in [3.05, 3.63) is 29.8 Å². The van der Waals surface area contributed by atoms with Gasteiger partial charge in [-0.05, 0) is 35.9 Å². The highest BCUT2D eigenvalue weighted by molar-refractivity contribution is 8.00. The highest BCUT2D eigenvalue weighted by Gasteiger charge is 2.29. The molecule has 1 rings (SSSR count). The van der Waals surface area contributed by atoms with Gasteiger partial charge in [0, 0.05) is 17.4 Å². The van der Waals surface area contributed by atoms with E-state index < -0.39 is 24.1 Å². The Hall–Kier alpha value is -0.890. The minimum atomic E-state index is -4.39. The number of hydrogen-bond acceptors (Lipinski definition) is 2. The largest absolute Gasteiger partial charge is 0.446 e. The van der Waals surface area contributed by atoms with Crippen molar-refractivity contribution in [3.8, 4) is 0 Å². The molecule has 0 amide bonds. The predicted octanol–water partition coefficient (Wildman–Crippen LogP) is 4.64. The zero-order valence-electron chi connectivity index (χ0n) is 9.55. The summed E-state index contributed by atoms with van der Waals surface area (Å²) in [6.45, 7) is 0. The Bertz CT molecular complexity index is 397. The second kappa shape index (κ2) is 6.04. The topological polar surface area (TPSA) is 26.0 Å². The molecule has 1 atom stereocenters. The van der Waals surface area contributed by atoms with E-state index in [0.29, 0.717) is 5.56 Å². The quantitative estimate of drug-likeness (QED) is 0.647. The summed E-state index contributed by atoms with van der Waals surface area (Å²) in [5, 5.41) is 0. The Labute approximate surface area is 110 Å². The maximum absolute atomic E-state index is 12.1. The van der Waals surface area contributed by atoms with Crippen LogP contribution in [0.25, 0.3) is 0 Å². The molecule has 1 aromatic carbocycles. The first-order valence-corrected chi connectivity index (χ1v) is 6.06. The van der Waals surface area contributed by atoms with E-state index in [9.17, 15) is 26.3 Å². The van der Waals surface area contributed by atoms with Crippen molar-refractivity contribution in [1.29, 1.82) is 0 Å². The van der Waals surface area contributed by atoms with Crippen molar-refractivity contribution in [2.24, 2.45) is 5.73 Å². The van der Waals surface area contributed by atoms with Crippen LogP contribution in [-0.4, -0.2) is 11.7 Å². The molecule has 0 aromatic heterocycles. The number of hydrogen-bond donors (Lipinski definition) is 1.